The van der Waals surface area contributed by atoms with Crippen molar-refractivity contribution in [3.8, 4) is 11.4 Å². The summed E-state index contributed by atoms with van der Waals surface area (Å²) in [5.74, 6) is 0.210. The quantitative estimate of drug-likeness (QED) is 0.650. The number of carbonyl (C=O) groups excluding carboxylic acids is 1. The van der Waals surface area contributed by atoms with Crippen LogP contribution in [0.1, 0.15) is 10.4 Å². The molecule has 5 nitrogen and oxygen atoms in total. The molecule has 0 amide bonds. The molecule has 0 saturated carbocycles. The van der Waals surface area contributed by atoms with E-state index in [1.54, 1.807) is 28.8 Å². The smallest absolute Gasteiger partial charge is 0.339 e. The molecule has 2 aromatic heterocycles. The number of methoxy groups -OCH3 is 1. The van der Waals surface area contributed by atoms with Crippen molar-refractivity contribution in [2.75, 3.05) is 7.11 Å². The number of ether oxygens (including phenoxy) is 1. The number of pyridine rings is 1. The Hall–Kier alpha value is -1.92. The number of aromatic nitrogens is 3. The van der Waals surface area contributed by atoms with Crippen LogP contribution >= 0.6 is 27.5 Å². The van der Waals surface area contributed by atoms with Gasteiger partial charge in [0.1, 0.15) is 0 Å². The van der Waals surface area contributed by atoms with Gasteiger partial charge in [-0.1, -0.05) is 11.6 Å². The van der Waals surface area contributed by atoms with Gasteiger partial charge in [-0.05, 0) is 46.3 Å². The number of halogens is 2. The van der Waals surface area contributed by atoms with Gasteiger partial charge in [-0.2, -0.15) is 0 Å². The maximum absolute atomic E-state index is 11.6. The fourth-order valence-corrected chi connectivity index (χ4v) is 2.46. The van der Waals surface area contributed by atoms with Crippen molar-refractivity contribution in [2.24, 2.45) is 0 Å². The molecular formula is C14H9BrClN3O2. The van der Waals surface area contributed by atoms with E-state index in [2.05, 4.69) is 26.1 Å². The molecule has 0 N–H and O–H groups in total. The summed E-state index contributed by atoms with van der Waals surface area (Å²) in [7, 11) is 1.34. The number of nitrogens with zero attached hydrogens (tertiary/aromatic N) is 3. The lowest BCUT2D eigenvalue weighted by Crippen LogP contribution is -2.03. The Labute approximate surface area is 133 Å². The first-order valence-electron chi connectivity index (χ1n) is 5.98. The van der Waals surface area contributed by atoms with Gasteiger partial charge < -0.3 is 4.74 Å². The predicted molar refractivity (Wildman–Crippen MR) is 82.5 cm³/mol. The zero-order chi connectivity index (χ0) is 15.0. The third-order valence-electron chi connectivity index (χ3n) is 3.00. The van der Waals surface area contributed by atoms with E-state index in [0.29, 0.717) is 22.1 Å². The summed E-state index contributed by atoms with van der Waals surface area (Å²) in [5.41, 5.74) is 1.91. The van der Waals surface area contributed by atoms with Crippen LogP contribution in [0.25, 0.3) is 17.0 Å². The van der Waals surface area contributed by atoms with Gasteiger partial charge in [-0.15, -0.1) is 10.2 Å². The number of rotatable bonds is 2. The van der Waals surface area contributed by atoms with Crippen molar-refractivity contribution in [1.29, 1.82) is 0 Å². The standard InChI is InChI=1S/C14H9BrClN3O2/c1-21-14(20)9-3-5-12-17-18-13(19(12)7-9)8-2-4-11(16)10(15)6-8/h2-7H,1H3. The van der Waals surface area contributed by atoms with Crippen molar-refractivity contribution in [3.63, 3.8) is 0 Å². The molecule has 0 aliphatic heterocycles. The predicted octanol–water partition coefficient (Wildman–Crippen LogP) is 3.60. The first-order valence-corrected chi connectivity index (χ1v) is 7.16. The summed E-state index contributed by atoms with van der Waals surface area (Å²) in [5, 5.41) is 8.86. The zero-order valence-electron chi connectivity index (χ0n) is 10.9. The summed E-state index contributed by atoms with van der Waals surface area (Å²) in [6.45, 7) is 0. The van der Waals surface area contributed by atoms with Crippen molar-refractivity contribution in [1.82, 2.24) is 14.6 Å². The van der Waals surface area contributed by atoms with Crippen LogP contribution in [0.2, 0.25) is 5.02 Å². The van der Waals surface area contributed by atoms with Gasteiger partial charge in [-0.25, -0.2) is 4.79 Å². The lowest BCUT2D eigenvalue weighted by atomic mass is 10.2. The second kappa shape index (κ2) is 5.46. The second-order valence-electron chi connectivity index (χ2n) is 4.29. The summed E-state index contributed by atoms with van der Waals surface area (Å²) in [6, 6.07) is 8.83. The van der Waals surface area contributed by atoms with Gasteiger partial charge in [0.2, 0.25) is 0 Å². The number of carbonyl (C=O) groups is 1. The van der Waals surface area contributed by atoms with Gasteiger partial charge >= 0.3 is 5.97 Å². The lowest BCUT2D eigenvalue weighted by molar-refractivity contribution is 0.0600. The molecule has 0 aliphatic rings. The lowest BCUT2D eigenvalue weighted by Gasteiger charge is -2.04. The van der Waals surface area contributed by atoms with Crippen molar-refractivity contribution >= 4 is 39.1 Å². The van der Waals surface area contributed by atoms with E-state index in [9.17, 15) is 4.79 Å². The van der Waals surface area contributed by atoms with Crippen molar-refractivity contribution in [3.05, 3.63) is 51.6 Å². The SMILES string of the molecule is COC(=O)c1ccc2nnc(-c3ccc(Cl)c(Br)c3)n2c1. The molecule has 21 heavy (non-hydrogen) atoms. The first kappa shape index (κ1) is 14.0. The van der Waals surface area contributed by atoms with Crippen LogP contribution in [0.5, 0.6) is 0 Å². The summed E-state index contributed by atoms with van der Waals surface area (Å²) < 4.78 is 7.23. The van der Waals surface area contributed by atoms with Gasteiger partial charge in [0.05, 0.1) is 17.7 Å². The van der Waals surface area contributed by atoms with Gasteiger partial charge in [0.15, 0.2) is 11.5 Å². The minimum atomic E-state index is -0.408. The molecule has 0 radical (unpaired) electrons. The maximum atomic E-state index is 11.6. The number of hydrogen-bond donors (Lipinski definition) is 0. The van der Waals surface area contributed by atoms with E-state index in [1.165, 1.54) is 7.11 Å². The Morgan fingerprint density at radius 2 is 2.10 bits per heavy atom. The van der Waals surface area contributed by atoms with Crippen LogP contribution < -0.4 is 0 Å². The maximum Gasteiger partial charge on any atom is 0.339 e. The Bertz CT molecular complexity index is 847. The minimum absolute atomic E-state index is 0.408. The highest BCUT2D eigenvalue weighted by molar-refractivity contribution is 9.10. The molecule has 106 valence electrons. The summed E-state index contributed by atoms with van der Waals surface area (Å²) in [4.78, 5) is 11.6. The fourth-order valence-electron chi connectivity index (χ4n) is 1.96. The van der Waals surface area contributed by atoms with E-state index < -0.39 is 5.97 Å². The van der Waals surface area contributed by atoms with Gasteiger partial charge in [0.25, 0.3) is 0 Å². The van der Waals surface area contributed by atoms with Crippen molar-refractivity contribution < 1.29 is 9.53 Å². The Morgan fingerprint density at radius 1 is 1.29 bits per heavy atom. The van der Waals surface area contributed by atoms with Gasteiger partial charge in [-0.3, -0.25) is 4.40 Å². The molecule has 0 saturated heterocycles. The molecule has 3 aromatic rings. The summed E-state index contributed by atoms with van der Waals surface area (Å²) >= 11 is 9.38. The molecular weight excluding hydrogens is 358 g/mol. The number of fused-ring (bicyclic) bond motifs is 1. The monoisotopic (exact) mass is 365 g/mol. The molecule has 0 atom stereocenters. The number of benzene rings is 1. The highest BCUT2D eigenvalue weighted by atomic mass is 79.9. The number of esters is 1. The average molecular weight is 367 g/mol. The molecule has 0 spiro atoms. The Balaban J connectivity index is 2.18. The average Bonchev–Trinajstić information content (AvgIpc) is 2.92. The van der Waals surface area contributed by atoms with Crippen LogP contribution in [-0.4, -0.2) is 27.7 Å². The van der Waals surface area contributed by atoms with Crippen LogP contribution in [-0.2, 0) is 4.74 Å². The Kier molecular flexibility index (Phi) is 3.65. The highest BCUT2D eigenvalue weighted by Crippen LogP contribution is 2.28. The molecule has 2 heterocycles. The summed E-state index contributed by atoms with van der Waals surface area (Å²) in [6.07, 6.45) is 1.65. The van der Waals surface area contributed by atoms with Crippen LogP contribution in [0, 0.1) is 0 Å². The minimum Gasteiger partial charge on any atom is -0.465 e. The van der Waals surface area contributed by atoms with Crippen LogP contribution in [0.3, 0.4) is 0 Å². The zero-order valence-corrected chi connectivity index (χ0v) is 13.2. The Morgan fingerprint density at radius 3 is 2.81 bits per heavy atom. The molecule has 0 fully saturated rings. The van der Waals surface area contributed by atoms with Crippen LogP contribution in [0.15, 0.2) is 41.0 Å². The largest absolute Gasteiger partial charge is 0.465 e. The topological polar surface area (TPSA) is 56.5 Å². The van der Waals surface area contributed by atoms with E-state index in [0.717, 1.165) is 10.0 Å². The van der Waals surface area contributed by atoms with E-state index in [1.807, 2.05) is 12.1 Å². The highest BCUT2D eigenvalue weighted by Gasteiger charge is 2.12. The van der Waals surface area contributed by atoms with E-state index in [4.69, 9.17) is 16.3 Å². The molecule has 0 unspecified atom stereocenters. The third-order valence-corrected chi connectivity index (χ3v) is 4.22. The van der Waals surface area contributed by atoms with Gasteiger partial charge in [0, 0.05) is 16.2 Å². The van der Waals surface area contributed by atoms with E-state index >= 15 is 0 Å². The van der Waals surface area contributed by atoms with Crippen molar-refractivity contribution in [2.45, 2.75) is 0 Å². The molecule has 0 aliphatic carbocycles. The molecule has 1 aromatic carbocycles. The molecule has 0 bridgehead atoms. The van der Waals surface area contributed by atoms with E-state index in [-0.39, 0.29) is 0 Å². The molecule has 3 rings (SSSR count). The second-order valence-corrected chi connectivity index (χ2v) is 5.55. The molecule has 7 heteroatoms. The first-order chi connectivity index (χ1) is 10.1. The van der Waals surface area contributed by atoms with Crippen LogP contribution in [0.4, 0.5) is 0 Å². The fraction of sp³-hybridized carbons (Fsp3) is 0.0714. The number of hydrogen-bond acceptors (Lipinski definition) is 4. The third kappa shape index (κ3) is 2.52. The normalized spacial score (nSPS) is 10.8.